The summed E-state index contributed by atoms with van der Waals surface area (Å²) in [4.78, 5) is 8.60. The zero-order chi connectivity index (χ0) is 14.3. The lowest BCUT2D eigenvalue weighted by atomic mass is 10.3. The van der Waals surface area contributed by atoms with E-state index in [1.807, 2.05) is 16.3 Å². The number of anilines is 1. The van der Waals surface area contributed by atoms with Crippen LogP contribution in [0.15, 0.2) is 4.52 Å². The monoisotopic (exact) mass is 275 g/mol. The number of nitrogen functional groups attached to an aromatic ring is 1. The molecule has 3 heterocycles. The lowest BCUT2D eigenvalue weighted by Crippen LogP contribution is -2.09. The van der Waals surface area contributed by atoms with Gasteiger partial charge in [0.2, 0.25) is 11.8 Å². The SMILES string of the molecule is CCc1nn(C)c2c1nc(N)n2CCc1nc(C)no1. The molecule has 0 saturated carbocycles. The number of aryl methyl sites for hydroxylation is 5. The molecule has 3 aromatic heterocycles. The number of rotatable bonds is 4. The molecule has 20 heavy (non-hydrogen) atoms. The molecule has 0 aliphatic carbocycles. The summed E-state index contributed by atoms with van der Waals surface area (Å²) in [5, 5.41) is 8.23. The van der Waals surface area contributed by atoms with E-state index in [2.05, 4.69) is 27.1 Å². The topological polar surface area (TPSA) is 101 Å². The fourth-order valence-electron chi connectivity index (χ4n) is 2.37. The van der Waals surface area contributed by atoms with Crippen LogP contribution < -0.4 is 5.73 Å². The fraction of sp³-hybridized carbons (Fsp3) is 0.500. The highest BCUT2D eigenvalue weighted by molar-refractivity contribution is 5.77. The predicted molar refractivity (Wildman–Crippen MR) is 73.0 cm³/mol. The number of aromatic nitrogens is 6. The van der Waals surface area contributed by atoms with Gasteiger partial charge < -0.3 is 10.3 Å². The van der Waals surface area contributed by atoms with Crippen molar-refractivity contribution in [2.75, 3.05) is 5.73 Å². The number of fused-ring (bicyclic) bond motifs is 1. The van der Waals surface area contributed by atoms with Crippen molar-refractivity contribution in [2.45, 2.75) is 33.2 Å². The summed E-state index contributed by atoms with van der Waals surface area (Å²) in [6.07, 6.45) is 1.44. The van der Waals surface area contributed by atoms with Gasteiger partial charge in [0, 0.05) is 20.0 Å². The molecule has 0 aliphatic heterocycles. The van der Waals surface area contributed by atoms with Gasteiger partial charge >= 0.3 is 0 Å². The highest BCUT2D eigenvalue weighted by Crippen LogP contribution is 2.21. The molecule has 0 aliphatic rings. The normalized spacial score (nSPS) is 11.6. The van der Waals surface area contributed by atoms with Crippen LogP contribution in [0.1, 0.15) is 24.3 Å². The Morgan fingerprint density at radius 1 is 1.30 bits per heavy atom. The maximum atomic E-state index is 6.00. The van der Waals surface area contributed by atoms with E-state index in [0.717, 1.165) is 23.3 Å². The summed E-state index contributed by atoms with van der Waals surface area (Å²) in [6.45, 7) is 4.48. The Kier molecular flexibility index (Phi) is 2.92. The molecule has 0 spiro atoms. The van der Waals surface area contributed by atoms with Crippen LogP contribution in [0.5, 0.6) is 0 Å². The maximum Gasteiger partial charge on any atom is 0.228 e. The Morgan fingerprint density at radius 2 is 2.10 bits per heavy atom. The van der Waals surface area contributed by atoms with E-state index in [1.165, 1.54) is 0 Å². The molecule has 3 aromatic rings. The maximum absolute atomic E-state index is 6.00. The van der Waals surface area contributed by atoms with Crippen LogP contribution in [-0.4, -0.2) is 29.5 Å². The molecule has 8 heteroatoms. The van der Waals surface area contributed by atoms with Gasteiger partial charge in [0.05, 0.1) is 5.69 Å². The van der Waals surface area contributed by atoms with Crippen molar-refractivity contribution >= 4 is 17.1 Å². The molecule has 3 rings (SSSR count). The lowest BCUT2D eigenvalue weighted by molar-refractivity contribution is 0.369. The molecule has 106 valence electrons. The van der Waals surface area contributed by atoms with Gasteiger partial charge in [-0.15, -0.1) is 0 Å². The summed E-state index contributed by atoms with van der Waals surface area (Å²) in [5.41, 5.74) is 8.76. The van der Waals surface area contributed by atoms with E-state index in [-0.39, 0.29) is 0 Å². The van der Waals surface area contributed by atoms with Gasteiger partial charge in [0.25, 0.3) is 0 Å². The van der Waals surface area contributed by atoms with E-state index in [9.17, 15) is 0 Å². The van der Waals surface area contributed by atoms with Crippen molar-refractivity contribution in [2.24, 2.45) is 7.05 Å². The zero-order valence-corrected chi connectivity index (χ0v) is 11.8. The first-order chi connectivity index (χ1) is 9.60. The average molecular weight is 275 g/mol. The summed E-state index contributed by atoms with van der Waals surface area (Å²) < 4.78 is 8.86. The molecule has 0 atom stereocenters. The van der Waals surface area contributed by atoms with E-state index >= 15 is 0 Å². The smallest absolute Gasteiger partial charge is 0.228 e. The quantitative estimate of drug-likeness (QED) is 0.757. The molecule has 0 fully saturated rings. The van der Waals surface area contributed by atoms with Crippen LogP contribution in [-0.2, 0) is 26.4 Å². The van der Waals surface area contributed by atoms with Crippen LogP contribution in [0.4, 0.5) is 5.95 Å². The Hall–Kier alpha value is -2.38. The molecule has 8 nitrogen and oxygen atoms in total. The first-order valence-corrected chi connectivity index (χ1v) is 6.57. The standard InChI is InChI=1S/C12H17N7O/c1-4-8-10-11(18(3)16-8)19(12(13)15-10)6-5-9-14-7(2)17-20-9/h4-6H2,1-3H3,(H2,13,15). The van der Waals surface area contributed by atoms with Crippen LogP contribution >= 0.6 is 0 Å². The molecule has 2 N–H and O–H groups in total. The van der Waals surface area contributed by atoms with Crippen molar-refractivity contribution in [1.29, 1.82) is 0 Å². The van der Waals surface area contributed by atoms with Crippen LogP contribution in [0.3, 0.4) is 0 Å². The summed E-state index contributed by atoms with van der Waals surface area (Å²) >= 11 is 0. The van der Waals surface area contributed by atoms with Crippen LogP contribution in [0.25, 0.3) is 11.2 Å². The molecule has 0 unspecified atom stereocenters. The number of hydrogen-bond donors (Lipinski definition) is 1. The molecule has 0 aromatic carbocycles. The minimum absolute atomic E-state index is 0.485. The average Bonchev–Trinajstić information content (AvgIpc) is 3.04. The molecule has 0 saturated heterocycles. The molecule has 0 radical (unpaired) electrons. The third-order valence-electron chi connectivity index (χ3n) is 3.27. The lowest BCUT2D eigenvalue weighted by Gasteiger charge is -2.04. The number of imidazole rings is 1. The largest absolute Gasteiger partial charge is 0.369 e. The minimum atomic E-state index is 0.485. The van der Waals surface area contributed by atoms with Crippen molar-refractivity contribution in [1.82, 2.24) is 29.5 Å². The highest BCUT2D eigenvalue weighted by Gasteiger charge is 2.17. The van der Waals surface area contributed by atoms with Gasteiger partial charge in [-0.25, -0.2) is 4.98 Å². The third-order valence-corrected chi connectivity index (χ3v) is 3.27. The van der Waals surface area contributed by atoms with E-state index in [0.29, 0.717) is 30.6 Å². The van der Waals surface area contributed by atoms with Crippen molar-refractivity contribution in [3.63, 3.8) is 0 Å². The van der Waals surface area contributed by atoms with E-state index < -0.39 is 0 Å². The number of nitrogens with zero attached hydrogens (tertiary/aromatic N) is 6. The number of hydrogen-bond acceptors (Lipinski definition) is 6. The van der Waals surface area contributed by atoms with Gasteiger partial charge in [-0.05, 0) is 13.3 Å². The predicted octanol–water partition coefficient (Wildman–Crippen LogP) is 0.849. The Morgan fingerprint density at radius 3 is 2.75 bits per heavy atom. The first kappa shape index (κ1) is 12.6. The van der Waals surface area contributed by atoms with Crippen LogP contribution in [0.2, 0.25) is 0 Å². The fourth-order valence-corrected chi connectivity index (χ4v) is 2.37. The summed E-state index contributed by atoms with van der Waals surface area (Å²) in [5.74, 6) is 1.72. The Balaban J connectivity index is 1.94. The first-order valence-electron chi connectivity index (χ1n) is 6.57. The second kappa shape index (κ2) is 4.62. The molecular formula is C12H17N7O. The van der Waals surface area contributed by atoms with Gasteiger partial charge in [0.1, 0.15) is 5.52 Å². The summed E-state index contributed by atoms with van der Waals surface area (Å²) in [6, 6.07) is 0. The Labute approximate surface area is 115 Å². The third kappa shape index (κ3) is 1.93. The van der Waals surface area contributed by atoms with Crippen molar-refractivity contribution < 1.29 is 4.52 Å². The van der Waals surface area contributed by atoms with E-state index in [4.69, 9.17) is 10.3 Å². The molecule has 0 bridgehead atoms. The second-order valence-corrected chi connectivity index (χ2v) is 4.70. The minimum Gasteiger partial charge on any atom is -0.369 e. The van der Waals surface area contributed by atoms with Gasteiger partial charge in [0.15, 0.2) is 11.5 Å². The zero-order valence-electron chi connectivity index (χ0n) is 11.8. The highest BCUT2D eigenvalue weighted by atomic mass is 16.5. The number of nitrogens with two attached hydrogens (primary N) is 1. The Bertz CT molecular complexity index is 751. The molecule has 0 amide bonds. The van der Waals surface area contributed by atoms with E-state index in [1.54, 1.807) is 6.92 Å². The van der Waals surface area contributed by atoms with Crippen LogP contribution in [0, 0.1) is 6.92 Å². The van der Waals surface area contributed by atoms with Gasteiger partial charge in [-0.2, -0.15) is 10.1 Å². The molecular weight excluding hydrogens is 258 g/mol. The summed E-state index contributed by atoms with van der Waals surface area (Å²) in [7, 11) is 1.90. The van der Waals surface area contributed by atoms with Crippen molar-refractivity contribution in [3.8, 4) is 0 Å². The second-order valence-electron chi connectivity index (χ2n) is 4.70. The van der Waals surface area contributed by atoms with Gasteiger partial charge in [-0.3, -0.25) is 9.25 Å². The van der Waals surface area contributed by atoms with Crippen molar-refractivity contribution in [3.05, 3.63) is 17.4 Å². The van der Waals surface area contributed by atoms with Gasteiger partial charge in [-0.1, -0.05) is 12.1 Å².